The van der Waals surface area contributed by atoms with Crippen LogP contribution in [0.2, 0.25) is 0 Å². The van der Waals surface area contributed by atoms with Gasteiger partial charge in [0.1, 0.15) is 11.2 Å². The number of fused-ring (bicyclic) bond motifs is 18. The van der Waals surface area contributed by atoms with E-state index in [9.17, 15) is 0 Å². The van der Waals surface area contributed by atoms with Crippen molar-refractivity contribution in [1.82, 2.24) is 39.0 Å². The minimum Gasteiger partial charge on any atom is -0.454 e. The molecule has 0 spiro atoms. The number of hydrogen-bond acceptors (Lipinski definition) is 8. The summed E-state index contributed by atoms with van der Waals surface area (Å²) in [6.45, 7) is 0. The van der Waals surface area contributed by atoms with Gasteiger partial charge in [-0.1, -0.05) is 279 Å². The van der Waals surface area contributed by atoms with Crippen molar-refractivity contribution in [2.24, 2.45) is 0 Å². The second-order valence-electron chi connectivity index (χ2n) is 27.3. The Hall–Kier alpha value is -14.5. The van der Waals surface area contributed by atoms with Crippen molar-refractivity contribution < 1.29 is 8.83 Å². The molecule has 0 radical (unpaired) electrons. The largest absolute Gasteiger partial charge is 0.454 e. The number of furan rings is 2. The van der Waals surface area contributed by atoms with Crippen LogP contribution in [0, 0.1) is 0 Å². The van der Waals surface area contributed by atoms with Gasteiger partial charge in [-0.25, -0.2) is 29.9 Å². The molecule has 106 heavy (non-hydrogen) atoms. The highest BCUT2D eigenvalue weighted by atomic mass is 16.3. The summed E-state index contributed by atoms with van der Waals surface area (Å²) < 4.78 is 19.0. The van der Waals surface area contributed by atoms with Crippen LogP contribution in [0.1, 0.15) is 0 Å². The lowest BCUT2D eigenvalue weighted by molar-refractivity contribution is 0.666. The van der Waals surface area contributed by atoms with Crippen molar-refractivity contribution >= 4 is 120 Å². The summed E-state index contributed by atoms with van der Waals surface area (Å²) in [4.78, 5) is 31.5. The first kappa shape index (κ1) is 59.2. The van der Waals surface area contributed by atoms with Gasteiger partial charge in [-0.2, -0.15) is 0 Å². The first-order chi connectivity index (χ1) is 52.5. The number of nitrogens with zero attached hydrogens (tertiary/aromatic N) is 8. The van der Waals surface area contributed by atoms with E-state index in [-0.39, 0.29) is 0 Å². The van der Waals surface area contributed by atoms with Gasteiger partial charge in [0.2, 0.25) is 0 Å². The van der Waals surface area contributed by atoms with Crippen molar-refractivity contribution in [2.45, 2.75) is 0 Å². The van der Waals surface area contributed by atoms with E-state index in [1.165, 1.54) is 53.9 Å². The zero-order valence-electron chi connectivity index (χ0n) is 56.7. The average Bonchev–Trinajstić information content (AvgIpc) is 1.56. The Kier molecular flexibility index (Phi) is 13.2. The highest BCUT2D eigenvalue weighted by Crippen LogP contribution is 2.46. The normalized spacial score (nSPS) is 12.0. The lowest BCUT2D eigenvalue weighted by Gasteiger charge is -2.11. The van der Waals surface area contributed by atoms with Gasteiger partial charge in [0, 0.05) is 87.2 Å². The van der Waals surface area contributed by atoms with Crippen molar-refractivity contribution in [1.29, 1.82) is 0 Å². The quantitative estimate of drug-likeness (QED) is 0.133. The molecule has 0 N–H and O–H groups in total. The molecule has 0 saturated carbocycles. The third-order valence-electron chi connectivity index (χ3n) is 21.2. The lowest BCUT2D eigenvalue weighted by atomic mass is 10.0. The molecule has 6 heterocycles. The molecule has 492 valence electrons. The minimum absolute atomic E-state index is 0.523. The molecular weight excluding hydrogens is 1300 g/mol. The summed E-state index contributed by atoms with van der Waals surface area (Å²) in [6.07, 6.45) is 0. The van der Waals surface area contributed by atoms with Gasteiger partial charge in [0.05, 0.1) is 33.4 Å². The van der Waals surface area contributed by atoms with Crippen LogP contribution in [0.4, 0.5) is 0 Å². The predicted molar refractivity (Wildman–Crippen MR) is 432 cm³/mol. The summed E-state index contributed by atoms with van der Waals surface area (Å²) in [5.74, 6) is 3.24. The molecule has 0 amide bonds. The first-order valence-electron chi connectivity index (χ1n) is 35.6. The third kappa shape index (κ3) is 9.45. The topological polar surface area (TPSA) is 113 Å². The molecule has 10 heteroatoms. The number of hydrogen-bond donors (Lipinski definition) is 0. The van der Waals surface area contributed by atoms with E-state index >= 15 is 0 Å². The smallest absolute Gasteiger partial charge is 0.164 e. The van der Waals surface area contributed by atoms with Gasteiger partial charge in [0.25, 0.3) is 0 Å². The van der Waals surface area contributed by atoms with Crippen LogP contribution >= 0.6 is 0 Å². The number of para-hydroxylation sites is 3. The Morgan fingerprint density at radius 1 is 0.198 bits per heavy atom. The Morgan fingerprint density at radius 2 is 0.547 bits per heavy atom. The second kappa shape index (κ2) is 23.5. The SMILES string of the molecule is c1ccc(-c2cccc(-c3nc(-c4ccc(-c5cccc(-c6nc(-c7ccccc7)nc(-c7ccc8c(c7)oc7c(-n9c%10ccc%11ccccc%11c%10c%10ccc%11ccccc%11c%109)cccc78)n6)c5)cc4)nc(-c4ccc5c(c4)oc4c(-n6c7ccccc7c7ccc8ccccc8c76)cccc45)n3)c2)cc1. The van der Waals surface area contributed by atoms with Crippen LogP contribution in [0.3, 0.4) is 0 Å². The predicted octanol–water partition coefficient (Wildman–Crippen LogP) is 24.8. The number of aromatic nitrogens is 8. The maximum Gasteiger partial charge on any atom is 0.164 e. The molecule has 0 aliphatic heterocycles. The fourth-order valence-electron chi connectivity index (χ4n) is 16.2. The van der Waals surface area contributed by atoms with Gasteiger partial charge in [-0.3, -0.25) is 0 Å². The summed E-state index contributed by atoms with van der Waals surface area (Å²) in [6, 6.07) is 119. The standard InChI is InChI=1S/C96H56N8O2/c1-3-19-57(20-4-1)64-26-15-28-66(53-64)94-99-92(100-96(102-94)69-46-48-74-77-34-17-37-82(89(77)105-84(74)56-69)103-80-36-14-13-33-73(80)76-50-43-60-22-8-11-31-71(60)87(76)103)63-41-39-58(40-42-63)65-27-16-29-67(54-65)93-97-91(62-24-5-2-6-25-62)98-95(101-93)68-45-49-75-78-35-18-38-83(90(78)106-85(75)55-68)104-81-52-47-59-21-7-10-30-70(59)86(81)79-51-44-61-23-9-12-32-72(61)88(79)104/h1-56H. The average molecular weight is 1350 g/mol. The van der Waals surface area contributed by atoms with E-state index in [0.717, 1.165) is 133 Å². The van der Waals surface area contributed by atoms with Crippen molar-refractivity contribution in [2.75, 3.05) is 0 Å². The van der Waals surface area contributed by atoms with Gasteiger partial charge >= 0.3 is 0 Å². The highest BCUT2D eigenvalue weighted by molar-refractivity contribution is 6.27. The van der Waals surface area contributed by atoms with E-state index in [1.54, 1.807) is 0 Å². The number of rotatable bonds is 10. The number of benzene rings is 16. The molecule has 0 fully saturated rings. The maximum absolute atomic E-state index is 7.13. The molecule has 16 aromatic carbocycles. The molecule has 0 unspecified atom stereocenters. The Morgan fingerprint density at radius 3 is 1.10 bits per heavy atom. The molecule has 0 aliphatic carbocycles. The van der Waals surface area contributed by atoms with Crippen molar-refractivity contribution in [3.8, 4) is 102 Å². The second-order valence-corrected chi connectivity index (χ2v) is 27.3. The molecule has 0 bridgehead atoms. The molecule has 10 nitrogen and oxygen atoms in total. The van der Waals surface area contributed by atoms with Gasteiger partial charge in [-0.15, -0.1) is 0 Å². The summed E-state index contributed by atoms with van der Waals surface area (Å²) >= 11 is 0. The molecule has 6 aromatic heterocycles. The van der Waals surface area contributed by atoms with Crippen LogP contribution in [0.25, 0.3) is 222 Å². The van der Waals surface area contributed by atoms with Crippen molar-refractivity contribution in [3.05, 3.63) is 340 Å². The monoisotopic (exact) mass is 1350 g/mol. The van der Waals surface area contributed by atoms with Crippen LogP contribution in [-0.2, 0) is 0 Å². The highest BCUT2D eigenvalue weighted by Gasteiger charge is 2.25. The minimum atomic E-state index is 0.523. The zero-order valence-corrected chi connectivity index (χ0v) is 56.7. The van der Waals surface area contributed by atoms with Crippen LogP contribution in [0.5, 0.6) is 0 Å². The molecule has 22 aromatic rings. The van der Waals surface area contributed by atoms with Crippen molar-refractivity contribution in [3.63, 3.8) is 0 Å². The summed E-state index contributed by atoms with van der Waals surface area (Å²) in [7, 11) is 0. The van der Waals surface area contributed by atoms with E-state index in [4.69, 9.17) is 38.7 Å². The first-order valence-corrected chi connectivity index (χ1v) is 35.6. The van der Waals surface area contributed by atoms with E-state index in [0.29, 0.717) is 34.9 Å². The summed E-state index contributed by atoms with van der Waals surface area (Å²) in [5.41, 5.74) is 18.7. The van der Waals surface area contributed by atoms with Crippen LogP contribution in [0.15, 0.2) is 349 Å². The van der Waals surface area contributed by atoms with E-state index in [2.05, 4.69) is 312 Å². The molecular formula is C96H56N8O2. The van der Waals surface area contributed by atoms with E-state index < -0.39 is 0 Å². The van der Waals surface area contributed by atoms with Crippen LogP contribution in [-0.4, -0.2) is 39.0 Å². The molecule has 0 saturated heterocycles. The van der Waals surface area contributed by atoms with Gasteiger partial charge < -0.3 is 18.0 Å². The molecule has 0 atom stereocenters. The fourth-order valence-corrected chi connectivity index (χ4v) is 16.2. The summed E-state index contributed by atoms with van der Waals surface area (Å²) in [5, 5.41) is 16.0. The van der Waals surface area contributed by atoms with Gasteiger partial charge in [0.15, 0.2) is 46.1 Å². The Balaban J connectivity index is 0.629. The van der Waals surface area contributed by atoms with Crippen LogP contribution < -0.4 is 0 Å². The fraction of sp³-hybridized carbons (Fsp3) is 0. The third-order valence-corrected chi connectivity index (χ3v) is 21.2. The van der Waals surface area contributed by atoms with E-state index in [1.807, 2.05) is 36.4 Å². The molecule has 22 rings (SSSR count). The molecule has 0 aliphatic rings. The lowest BCUT2D eigenvalue weighted by Crippen LogP contribution is -2.00. The Labute approximate surface area is 605 Å². The maximum atomic E-state index is 7.13. The van der Waals surface area contributed by atoms with Gasteiger partial charge in [-0.05, 0) is 104 Å². The Bertz CT molecular complexity index is 7400. The zero-order chi connectivity index (χ0) is 69.5.